The summed E-state index contributed by atoms with van der Waals surface area (Å²) in [7, 11) is 0. The third kappa shape index (κ3) is 64.0. The highest BCUT2D eigenvalue weighted by molar-refractivity contribution is 5.76. The van der Waals surface area contributed by atoms with Gasteiger partial charge in [-0.05, 0) is 25.7 Å². The molecule has 0 aliphatic rings. The second kappa shape index (κ2) is 68.4. The van der Waals surface area contributed by atoms with E-state index in [9.17, 15) is 19.8 Å². The van der Waals surface area contributed by atoms with E-state index in [4.69, 9.17) is 4.74 Å². The minimum absolute atomic E-state index is 0.0137. The van der Waals surface area contributed by atoms with Crippen LogP contribution in [0.4, 0.5) is 0 Å². The maximum atomic E-state index is 12.6. The summed E-state index contributed by atoms with van der Waals surface area (Å²) in [6, 6.07) is -0.545. The summed E-state index contributed by atoms with van der Waals surface area (Å²) in [5.74, 6) is -0.0189. The molecule has 0 aromatic heterocycles. The second-order valence-electron chi connectivity index (χ2n) is 25.3. The van der Waals surface area contributed by atoms with Gasteiger partial charge in [0, 0.05) is 12.8 Å². The maximum Gasteiger partial charge on any atom is 0.305 e. The second-order valence-corrected chi connectivity index (χ2v) is 25.3. The lowest BCUT2D eigenvalue weighted by Crippen LogP contribution is -2.45. The molecule has 466 valence electrons. The molecular formula is C72H143NO5. The molecule has 0 bridgehead atoms. The molecule has 0 radical (unpaired) electrons. The first kappa shape index (κ1) is 76.9. The van der Waals surface area contributed by atoms with Crippen molar-refractivity contribution in [3.8, 4) is 0 Å². The first-order chi connectivity index (χ1) is 38.5. The molecule has 0 saturated carbocycles. The van der Waals surface area contributed by atoms with Crippen LogP contribution in [0.15, 0.2) is 0 Å². The lowest BCUT2D eigenvalue weighted by atomic mass is 10.0. The minimum Gasteiger partial charge on any atom is -0.466 e. The lowest BCUT2D eigenvalue weighted by molar-refractivity contribution is -0.143. The zero-order valence-corrected chi connectivity index (χ0v) is 53.4. The molecule has 0 aliphatic carbocycles. The molecule has 0 heterocycles. The van der Waals surface area contributed by atoms with E-state index in [-0.39, 0.29) is 18.5 Å². The zero-order chi connectivity index (χ0) is 56.4. The quantitative estimate of drug-likeness (QED) is 0.0417. The van der Waals surface area contributed by atoms with Crippen molar-refractivity contribution < 1.29 is 24.5 Å². The van der Waals surface area contributed by atoms with Crippen molar-refractivity contribution >= 4 is 11.9 Å². The molecule has 0 aromatic carbocycles. The van der Waals surface area contributed by atoms with Crippen LogP contribution in [0.2, 0.25) is 0 Å². The van der Waals surface area contributed by atoms with Gasteiger partial charge in [0.2, 0.25) is 5.91 Å². The normalized spacial score (nSPS) is 12.4. The minimum atomic E-state index is -0.668. The molecule has 0 aromatic rings. The summed E-state index contributed by atoms with van der Waals surface area (Å²) in [5, 5.41) is 23.5. The van der Waals surface area contributed by atoms with Gasteiger partial charge < -0.3 is 20.3 Å². The largest absolute Gasteiger partial charge is 0.466 e. The molecule has 1 amide bonds. The van der Waals surface area contributed by atoms with Crippen LogP contribution in [0, 0.1) is 0 Å². The van der Waals surface area contributed by atoms with Crippen LogP contribution in [0.3, 0.4) is 0 Å². The van der Waals surface area contributed by atoms with Gasteiger partial charge in [-0.2, -0.15) is 0 Å². The number of nitrogens with one attached hydrogen (secondary N) is 1. The maximum absolute atomic E-state index is 12.6. The Hall–Kier alpha value is -1.14. The molecule has 0 rings (SSSR count). The molecule has 0 saturated heterocycles. The third-order valence-corrected chi connectivity index (χ3v) is 17.4. The van der Waals surface area contributed by atoms with Gasteiger partial charge in [0.1, 0.15) is 0 Å². The van der Waals surface area contributed by atoms with Crippen LogP contribution in [0.25, 0.3) is 0 Å². The fourth-order valence-electron chi connectivity index (χ4n) is 11.9. The summed E-state index contributed by atoms with van der Waals surface area (Å²) < 4.78 is 5.51. The lowest BCUT2D eigenvalue weighted by Gasteiger charge is -2.22. The van der Waals surface area contributed by atoms with Gasteiger partial charge in [-0.15, -0.1) is 0 Å². The van der Waals surface area contributed by atoms with Crippen LogP contribution >= 0.6 is 0 Å². The summed E-state index contributed by atoms with van der Waals surface area (Å²) in [6.45, 7) is 5.00. The Bertz CT molecular complexity index is 1130. The third-order valence-electron chi connectivity index (χ3n) is 17.4. The topological polar surface area (TPSA) is 95.9 Å². The molecular weight excluding hydrogens is 959 g/mol. The number of hydrogen-bond donors (Lipinski definition) is 3. The van der Waals surface area contributed by atoms with E-state index >= 15 is 0 Å². The van der Waals surface area contributed by atoms with E-state index in [1.165, 1.54) is 353 Å². The number of carbonyl (C=O) groups is 2. The smallest absolute Gasteiger partial charge is 0.305 e. The van der Waals surface area contributed by atoms with E-state index in [0.29, 0.717) is 25.9 Å². The van der Waals surface area contributed by atoms with E-state index in [1.54, 1.807) is 0 Å². The Kier molecular flexibility index (Phi) is 67.4. The van der Waals surface area contributed by atoms with Crippen molar-refractivity contribution in [2.24, 2.45) is 0 Å². The first-order valence-corrected chi connectivity index (χ1v) is 36.3. The van der Waals surface area contributed by atoms with Crippen LogP contribution in [0.5, 0.6) is 0 Å². The fourth-order valence-corrected chi connectivity index (χ4v) is 11.9. The SMILES string of the molecule is CCCCCCCCCCCCCCCCCCCCCCCCCCCC(O)C(CO)NC(=O)CCCCCCCCCCCCCCCCCCCCOC(=O)CCCCCCCCCCCCCCCCCCCC. The highest BCUT2D eigenvalue weighted by atomic mass is 16.5. The highest BCUT2D eigenvalue weighted by Gasteiger charge is 2.20. The number of esters is 1. The average molecular weight is 1100 g/mol. The van der Waals surface area contributed by atoms with Crippen molar-refractivity contribution in [3.63, 3.8) is 0 Å². The van der Waals surface area contributed by atoms with E-state index in [0.717, 1.165) is 38.5 Å². The van der Waals surface area contributed by atoms with Crippen molar-refractivity contribution in [1.29, 1.82) is 0 Å². The molecule has 0 aliphatic heterocycles. The van der Waals surface area contributed by atoms with Crippen molar-refractivity contribution in [2.75, 3.05) is 13.2 Å². The van der Waals surface area contributed by atoms with Crippen molar-refractivity contribution in [2.45, 2.75) is 437 Å². The molecule has 78 heavy (non-hydrogen) atoms. The highest BCUT2D eigenvalue weighted by Crippen LogP contribution is 2.20. The van der Waals surface area contributed by atoms with Crippen LogP contribution < -0.4 is 5.32 Å². The summed E-state index contributed by atoms with van der Waals surface area (Å²) in [4.78, 5) is 24.7. The first-order valence-electron chi connectivity index (χ1n) is 36.3. The van der Waals surface area contributed by atoms with Crippen molar-refractivity contribution in [1.82, 2.24) is 5.32 Å². The number of hydrogen-bond acceptors (Lipinski definition) is 5. The van der Waals surface area contributed by atoms with Crippen molar-refractivity contribution in [3.05, 3.63) is 0 Å². The van der Waals surface area contributed by atoms with Crippen LogP contribution in [0.1, 0.15) is 425 Å². The van der Waals surface area contributed by atoms with E-state index in [1.807, 2.05) is 0 Å². The number of carbonyl (C=O) groups excluding carboxylic acids is 2. The number of aliphatic hydroxyl groups excluding tert-OH is 2. The Morgan fingerprint density at radius 2 is 0.526 bits per heavy atom. The number of unbranched alkanes of at least 4 members (excludes halogenated alkanes) is 58. The zero-order valence-electron chi connectivity index (χ0n) is 53.4. The molecule has 6 heteroatoms. The Labute approximate surface area is 489 Å². The predicted molar refractivity (Wildman–Crippen MR) is 343 cm³/mol. The molecule has 0 spiro atoms. The number of ether oxygens (including phenoxy) is 1. The molecule has 6 nitrogen and oxygen atoms in total. The standard InChI is InChI=1S/C72H143NO5/c1-3-5-7-9-11-13-15-17-19-21-23-24-25-26-27-28-29-32-36-40-44-48-52-56-60-64-70(75)69(68-74)73-71(76)65-61-57-53-49-45-41-37-33-30-31-35-39-43-47-51-55-59-63-67-78-72(77)66-62-58-54-50-46-42-38-34-22-20-18-16-14-12-10-8-6-4-2/h69-70,74-75H,3-68H2,1-2H3,(H,73,76). The van der Waals surface area contributed by atoms with E-state index in [2.05, 4.69) is 19.2 Å². The van der Waals surface area contributed by atoms with Gasteiger partial charge in [-0.1, -0.05) is 386 Å². The summed E-state index contributed by atoms with van der Waals surface area (Å²) in [6.07, 6.45) is 82.9. The Morgan fingerprint density at radius 1 is 0.308 bits per heavy atom. The fraction of sp³-hybridized carbons (Fsp3) is 0.972. The molecule has 3 N–H and O–H groups in total. The van der Waals surface area contributed by atoms with Gasteiger partial charge in [-0.3, -0.25) is 9.59 Å². The van der Waals surface area contributed by atoms with Crippen LogP contribution in [-0.2, 0) is 14.3 Å². The molecule has 2 atom stereocenters. The predicted octanol–water partition coefficient (Wildman–Crippen LogP) is 23.4. The van der Waals surface area contributed by atoms with E-state index < -0.39 is 12.1 Å². The van der Waals surface area contributed by atoms with Crippen LogP contribution in [-0.4, -0.2) is 47.4 Å². The summed E-state index contributed by atoms with van der Waals surface area (Å²) >= 11 is 0. The summed E-state index contributed by atoms with van der Waals surface area (Å²) in [5.41, 5.74) is 0. The molecule has 0 fully saturated rings. The van der Waals surface area contributed by atoms with Gasteiger partial charge in [0.15, 0.2) is 0 Å². The number of aliphatic hydroxyl groups is 2. The van der Waals surface area contributed by atoms with Gasteiger partial charge in [0.05, 0.1) is 25.4 Å². The Balaban J connectivity index is 3.37. The Morgan fingerprint density at radius 3 is 0.782 bits per heavy atom. The van der Waals surface area contributed by atoms with Gasteiger partial charge in [-0.25, -0.2) is 0 Å². The van der Waals surface area contributed by atoms with Gasteiger partial charge >= 0.3 is 5.97 Å². The monoisotopic (exact) mass is 1100 g/mol. The number of amides is 1. The average Bonchev–Trinajstić information content (AvgIpc) is 3.44. The van der Waals surface area contributed by atoms with Gasteiger partial charge in [0.25, 0.3) is 0 Å². The molecule has 2 unspecified atom stereocenters. The number of rotatable bonds is 69.